The van der Waals surface area contributed by atoms with E-state index in [1.165, 1.54) is 29.9 Å². The molecule has 0 bridgehead atoms. The number of hydrogen-bond donors (Lipinski definition) is 1. The summed E-state index contributed by atoms with van der Waals surface area (Å²) in [6.07, 6.45) is 5.89. The Labute approximate surface area is 198 Å². The topological polar surface area (TPSA) is 49.4 Å². The van der Waals surface area contributed by atoms with E-state index in [1.54, 1.807) is 23.1 Å². The largest absolute Gasteiger partial charge is 0.351 e. The standard InChI is InChI=1S/C27H29FN2O2S/c28-22-15-13-21(14-16-22)25(26(31)29-23-10-5-2-6-11-23)30(27(32)24-12-7-19-33-24)18-17-20-8-3-1-4-9-20/h1,3-4,7-9,12-16,19,23,25H,2,5-6,10-11,17-18H2,(H,29,31)/t25-/m0/s1. The zero-order valence-corrected chi connectivity index (χ0v) is 19.4. The van der Waals surface area contributed by atoms with Gasteiger partial charge in [-0.05, 0) is 54.0 Å². The molecule has 2 aromatic carbocycles. The minimum Gasteiger partial charge on any atom is -0.351 e. The average Bonchev–Trinajstić information content (AvgIpc) is 3.38. The lowest BCUT2D eigenvalue weighted by Crippen LogP contribution is -2.47. The molecule has 1 N–H and O–H groups in total. The number of carbonyl (C=O) groups excluding carboxylic acids is 2. The fourth-order valence-corrected chi connectivity index (χ4v) is 5.11. The Kier molecular flexibility index (Phi) is 7.89. The SMILES string of the molecule is O=C(NC1CCCCC1)[C@H](c1ccc(F)cc1)N(CCc1ccccc1)C(=O)c1cccs1. The predicted octanol–water partition coefficient (Wildman–Crippen LogP) is 5.76. The number of rotatable bonds is 8. The van der Waals surface area contributed by atoms with Crippen molar-refractivity contribution in [3.8, 4) is 0 Å². The molecule has 3 aromatic rings. The van der Waals surface area contributed by atoms with Crippen LogP contribution in [0.25, 0.3) is 0 Å². The first-order valence-corrected chi connectivity index (χ1v) is 12.4. The van der Waals surface area contributed by atoms with E-state index in [0.717, 1.165) is 31.2 Å². The van der Waals surface area contributed by atoms with E-state index in [2.05, 4.69) is 5.32 Å². The highest BCUT2D eigenvalue weighted by atomic mass is 32.1. The fourth-order valence-electron chi connectivity index (χ4n) is 4.43. The number of benzene rings is 2. The van der Waals surface area contributed by atoms with Gasteiger partial charge in [-0.1, -0.05) is 67.8 Å². The number of nitrogens with one attached hydrogen (secondary N) is 1. The van der Waals surface area contributed by atoms with Gasteiger partial charge >= 0.3 is 0 Å². The van der Waals surface area contributed by atoms with E-state index in [-0.39, 0.29) is 23.7 Å². The number of carbonyl (C=O) groups is 2. The van der Waals surface area contributed by atoms with Crippen molar-refractivity contribution in [3.05, 3.63) is 93.9 Å². The van der Waals surface area contributed by atoms with Crippen molar-refractivity contribution >= 4 is 23.2 Å². The van der Waals surface area contributed by atoms with Gasteiger partial charge in [0.15, 0.2) is 0 Å². The third-order valence-corrected chi connectivity index (χ3v) is 7.03. The van der Waals surface area contributed by atoms with Gasteiger partial charge in [-0.25, -0.2) is 4.39 Å². The van der Waals surface area contributed by atoms with Gasteiger partial charge in [0.05, 0.1) is 4.88 Å². The summed E-state index contributed by atoms with van der Waals surface area (Å²) in [4.78, 5) is 29.4. The smallest absolute Gasteiger partial charge is 0.264 e. The van der Waals surface area contributed by atoms with Gasteiger partial charge in [-0.2, -0.15) is 0 Å². The molecule has 1 aromatic heterocycles. The molecule has 2 amide bonds. The van der Waals surface area contributed by atoms with E-state index in [4.69, 9.17) is 0 Å². The zero-order chi connectivity index (χ0) is 23.0. The van der Waals surface area contributed by atoms with Crippen molar-refractivity contribution < 1.29 is 14.0 Å². The third kappa shape index (κ3) is 6.08. The first-order chi connectivity index (χ1) is 16.1. The van der Waals surface area contributed by atoms with Gasteiger partial charge in [0.2, 0.25) is 5.91 Å². The van der Waals surface area contributed by atoms with Crippen molar-refractivity contribution in [2.24, 2.45) is 0 Å². The lowest BCUT2D eigenvalue weighted by atomic mass is 9.94. The summed E-state index contributed by atoms with van der Waals surface area (Å²) in [6, 6.07) is 18.7. The highest BCUT2D eigenvalue weighted by Crippen LogP contribution is 2.27. The van der Waals surface area contributed by atoms with Crippen LogP contribution in [0.4, 0.5) is 4.39 Å². The van der Waals surface area contributed by atoms with Crippen LogP contribution < -0.4 is 5.32 Å². The summed E-state index contributed by atoms with van der Waals surface area (Å²) in [6.45, 7) is 0.376. The van der Waals surface area contributed by atoms with Gasteiger partial charge in [-0.3, -0.25) is 9.59 Å². The molecular weight excluding hydrogens is 435 g/mol. The molecule has 1 aliphatic carbocycles. The Bertz CT molecular complexity index is 1030. The minimum atomic E-state index is -0.828. The van der Waals surface area contributed by atoms with Gasteiger partial charge < -0.3 is 10.2 Å². The molecule has 0 unspecified atom stereocenters. The fraction of sp³-hybridized carbons (Fsp3) is 0.333. The van der Waals surface area contributed by atoms with Gasteiger partial charge in [0.25, 0.3) is 5.91 Å². The maximum absolute atomic E-state index is 13.7. The molecule has 1 aliphatic rings. The maximum Gasteiger partial charge on any atom is 0.264 e. The number of amides is 2. The van der Waals surface area contributed by atoms with Crippen LogP contribution >= 0.6 is 11.3 Å². The summed E-state index contributed by atoms with van der Waals surface area (Å²) < 4.78 is 13.7. The van der Waals surface area contributed by atoms with Crippen LogP contribution in [0.15, 0.2) is 72.1 Å². The summed E-state index contributed by atoms with van der Waals surface area (Å²) in [5.74, 6) is -0.758. The molecule has 6 heteroatoms. The zero-order valence-electron chi connectivity index (χ0n) is 18.6. The first-order valence-electron chi connectivity index (χ1n) is 11.6. The Hall–Kier alpha value is -2.99. The second kappa shape index (κ2) is 11.2. The number of nitrogens with zero attached hydrogens (tertiary/aromatic N) is 1. The molecule has 1 fully saturated rings. The lowest BCUT2D eigenvalue weighted by Gasteiger charge is -2.33. The average molecular weight is 465 g/mol. The van der Waals surface area contributed by atoms with Crippen molar-refractivity contribution in [2.75, 3.05) is 6.54 Å². The Morgan fingerprint density at radius 3 is 2.36 bits per heavy atom. The second-order valence-corrected chi connectivity index (χ2v) is 9.46. The van der Waals surface area contributed by atoms with Crippen LogP contribution in [-0.4, -0.2) is 29.3 Å². The molecule has 0 spiro atoms. The van der Waals surface area contributed by atoms with Crippen molar-refractivity contribution in [3.63, 3.8) is 0 Å². The number of hydrogen-bond acceptors (Lipinski definition) is 3. The molecule has 4 nitrogen and oxygen atoms in total. The van der Waals surface area contributed by atoms with Crippen LogP contribution in [0.1, 0.15) is 58.9 Å². The molecular formula is C27H29FN2O2S. The third-order valence-electron chi connectivity index (χ3n) is 6.17. The first kappa shape index (κ1) is 23.2. The van der Waals surface area contributed by atoms with E-state index in [0.29, 0.717) is 23.4 Å². The molecule has 172 valence electrons. The Balaban J connectivity index is 1.66. The lowest BCUT2D eigenvalue weighted by molar-refractivity contribution is -0.126. The Morgan fingerprint density at radius 1 is 0.970 bits per heavy atom. The molecule has 1 saturated carbocycles. The maximum atomic E-state index is 13.7. The second-order valence-electron chi connectivity index (χ2n) is 8.51. The molecule has 0 aliphatic heterocycles. The quantitative estimate of drug-likeness (QED) is 0.461. The summed E-state index contributed by atoms with van der Waals surface area (Å²) >= 11 is 1.36. The normalized spacial score (nSPS) is 15.1. The predicted molar refractivity (Wildman–Crippen MR) is 130 cm³/mol. The molecule has 0 radical (unpaired) electrons. The number of halogens is 1. The minimum absolute atomic E-state index is 0.113. The van der Waals surface area contributed by atoms with Crippen molar-refractivity contribution in [1.29, 1.82) is 0 Å². The van der Waals surface area contributed by atoms with E-state index >= 15 is 0 Å². The molecule has 1 heterocycles. The summed E-state index contributed by atoms with van der Waals surface area (Å²) in [7, 11) is 0. The van der Waals surface area contributed by atoms with E-state index in [1.807, 2.05) is 41.8 Å². The summed E-state index contributed by atoms with van der Waals surface area (Å²) in [5, 5.41) is 5.05. The highest BCUT2D eigenvalue weighted by Gasteiger charge is 2.33. The van der Waals surface area contributed by atoms with Gasteiger partial charge in [0, 0.05) is 12.6 Å². The van der Waals surface area contributed by atoms with Gasteiger partial charge in [-0.15, -0.1) is 11.3 Å². The Morgan fingerprint density at radius 2 is 1.70 bits per heavy atom. The van der Waals surface area contributed by atoms with Crippen LogP contribution in [0.3, 0.4) is 0 Å². The molecule has 33 heavy (non-hydrogen) atoms. The number of thiophene rings is 1. The highest BCUT2D eigenvalue weighted by molar-refractivity contribution is 7.12. The monoisotopic (exact) mass is 464 g/mol. The summed E-state index contributed by atoms with van der Waals surface area (Å²) in [5.41, 5.74) is 1.70. The van der Waals surface area contributed by atoms with Crippen molar-refractivity contribution in [1.82, 2.24) is 10.2 Å². The van der Waals surface area contributed by atoms with Crippen LogP contribution in [0, 0.1) is 5.82 Å². The molecule has 1 atom stereocenters. The van der Waals surface area contributed by atoms with Gasteiger partial charge in [0.1, 0.15) is 11.9 Å². The van der Waals surface area contributed by atoms with E-state index < -0.39 is 6.04 Å². The van der Waals surface area contributed by atoms with Crippen LogP contribution in [-0.2, 0) is 11.2 Å². The van der Waals surface area contributed by atoms with Crippen LogP contribution in [0.2, 0.25) is 0 Å². The molecule has 4 rings (SSSR count). The van der Waals surface area contributed by atoms with Crippen LogP contribution in [0.5, 0.6) is 0 Å². The van der Waals surface area contributed by atoms with Crippen molar-refractivity contribution in [2.45, 2.75) is 50.6 Å². The molecule has 0 saturated heterocycles. The van der Waals surface area contributed by atoms with E-state index in [9.17, 15) is 14.0 Å².